The molecule has 0 saturated heterocycles. The fraction of sp³-hybridized carbons (Fsp3) is 0.167. The summed E-state index contributed by atoms with van der Waals surface area (Å²) in [7, 11) is -0.514. The lowest BCUT2D eigenvalue weighted by molar-refractivity contribution is 0.0995. The zero-order chi connectivity index (χ0) is 19.8. The molecular formula is C18H18N4O4S. The molecule has 3 rings (SSSR count). The van der Waals surface area contributed by atoms with E-state index in [-0.39, 0.29) is 22.8 Å². The van der Waals surface area contributed by atoms with Gasteiger partial charge in [-0.2, -0.15) is 0 Å². The van der Waals surface area contributed by atoms with Crippen LogP contribution < -0.4 is 4.31 Å². The van der Waals surface area contributed by atoms with E-state index in [1.165, 1.54) is 19.2 Å². The van der Waals surface area contributed by atoms with Crippen LogP contribution in [0.2, 0.25) is 0 Å². The first-order valence-corrected chi connectivity index (χ1v) is 9.82. The van der Waals surface area contributed by atoms with Crippen LogP contribution in [0.25, 0.3) is 10.9 Å². The second-order valence-electron chi connectivity index (χ2n) is 6.00. The largest absolute Gasteiger partial charge is 0.493 e. The average Bonchev–Trinajstić information content (AvgIpc) is 2.89. The maximum absolute atomic E-state index is 12.6. The number of rotatable bonds is 4. The third-order valence-corrected chi connectivity index (χ3v) is 5.45. The van der Waals surface area contributed by atoms with Crippen molar-refractivity contribution in [1.29, 1.82) is 0 Å². The summed E-state index contributed by atoms with van der Waals surface area (Å²) in [5.74, 6) is -0.831. The minimum Gasteiger partial charge on any atom is -0.493 e. The van der Waals surface area contributed by atoms with Crippen molar-refractivity contribution in [3.63, 3.8) is 0 Å². The second kappa shape index (κ2) is 6.84. The standard InChI is InChI=1S/C18H18N4O4S/c1-21-14-10-6-4-8-12(14)16(18(21)24)19-20-17(23)13-9-5-7-11-15(13)22(2)27(3,25)26/h4-11,24H,1-3H3. The number of para-hydroxylation sites is 2. The molecule has 0 fully saturated rings. The molecule has 1 N–H and O–H groups in total. The Morgan fingerprint density at radius 3 is 2.44 bits per heavy atom. The quantitative estimate of drug-likeness (QED) is 0.695. The van der Waals surface area contributed by atoms with Crippen molar-refractivity contribution in [2.75, 3.05) is 17.6 Å². The molecule has 0 bridgehead atoms. The minimum atomic E-state index is -3.55. The summed E-state index contributed by atoms with van der Waals surface area (Å²) < 4.78 is 26.2. The van der Waals surface area contributed by atoms with Crippen molar-refractivity contribution in [2.24, 2.45) is 17.3 Å². The minimum absolute atomic E-state index is 0.0916. The predicted octanol–water partition coefficient (Wildman–Crippen LogP) is 3.20. The molecule has 2 aromatic carbocycles. The van der Waals surface area contributed by atoms with Gasteiger partial charge in [0.2, 0.25) is 15.9 Å². The van der Waals surface area contributed by atoms with Gasteiger partial charge >= 0.3 is 0 Å². The number of sulfonamides is 1. The van der Waals surface area contributed by atoms with Crippen LogP contribution in [-0.2, 0) is 17.1 Å². The van der Waals surface area contributed by atoms with Gasteiger partial charge in [0.15, 0.2) is 5.69 Å². The monoisotopic (exact) mass is 386 g/mol. The number of azo groups is 1. The number of carbonyl (C=O) groups is 1. The molecule has 0 unspecified atom stereocenters. The molecule has 3 aromatic rings. The van der Waals surface area contributed by atoms with E-state index in [1.807, 2.05) is 12.1 Å². The van der Waals surface area contributed by atoms with Crippen molar-refractivity contribution >= 4 is 38.2 Å². The summed E-state index contributed by atoms with van der Waals surface area (Å²) in [6.45, 7) is 0. The van der Waals surface area contributed by atoms with Gasteiger partial charge in [-0.3, -0.25) is 9.10 Å². The molecule has 0 radical (unpaired) electrons. The smallest absolute Gasteiger partial charge is 0.297 e. The molecule has 8 nitrogen and oxygen atoms in total. The highest BCUT2D eigenvalue weighted by molar-refractivity contribution is 7.92. The summed E-state index contributed by atoms with van der Waals surface area (Å²) in [5.41, 5.74) is 1.21. The Morgan fingerprint density at radius 2 is 1.74 bits per heavy atom. The third-order valence-electron chi connectivity index (χ3n) is 4.26. The molecule has 0 saturated carbocycles. The number of amides is 1. The van der Waals surface area contributed by atoms with Gasteiger partial charge < -0.3 is 9.67 Å². The maximum Gasteiger partial charge on any atom is 0.297 e. The first kappa shape index (κ1) is 18.6. The van der Waals surface area contributed by atoms with Crippen molar-refractivity contribution in [1.82, 2.24) is 4.57 Å². The fourth-order valence-electron chi connectivity index (χ4n) is 2.72. The van der Waals surface area contributed by atoms with Gasteiger partial charge in [-0.25, -0.2) is 8.42 Å². The number of aromatic nitrogens is 1. The van der Waals surface area contributed by atoms with E-state index in [4.69, 9.17) is 0 Å². The molecule has 0 aliphatic rings. The van der Waals surface area contributed by atoms with E-state index < -0.39 is 15.9 Å². The maximum atomic E-state index is 12.6. The summed E-state index contributed by atoms with van der Waals surface area (Å²) in [5, 5.41) is 18.5. The Kier molecular flexibility index (Phi) is 4.71. The number of anilines is 1. The zero-order valence-electron chi connectivity index (χ0n) is 15.0. The molecule has 140 valence electrons. The van der Waals surface area contributed by atoms with E-state index in [2.05, 4.69) is 10.2 Å². The normalized spacial score (nSPS) is 12.0. The van der Waals surface area contributed by atoms with Gasteiger partial charge in [-0.15, -0.1) is 10.2 Å². The van der Waals surface area contributed by atoms with Crippen LogP contribution in [0.3, 0.4) is 0 Å². The number of hydrogen-bond donors (Lipinski definition) is 1. The van der Waals surface area contributed by atoms with Crippen LogP contribution >= 0.6 is 0 Å². The van der Waals surface area contributed by atoms with Crippen molar-refractivity contribution in [3.8, 4) is 5.88 Å². The van der Waals surface area contributed by atoms with Crippen LogP contribution in [0, 0.1) is 0 Å². The van der Waals surface area contributed by atoms with E-state index in [1.54, 1.807) is 35.9 Å². The summed E-state index contributed by atoms with van der Waals surface area (Å²) in [6.07, 6.45) is 1.05. The molecule has 0 aliphatic carbocycles. The Balaban J connectivity index is 2.02. The van der Waals surface area contributed by atoms with E-state index in [0.29, 0.717) is 5.39 Å². The number of nitrogens with zero attached hydrogens (tertiary/aromatic N) is 4. The summed E-state index contributed by atoms with van der Waals surface area (Å²) >= 11 is 0. The number of aryl methyl sites for hydroxylation is 1. The van der Waals surface area contributed by atoms with Crippen LogP contribution in [0.5, 0.6) is 5.88 Å². The first-order valence-electron chi connectivity index (χ1n) is 7.97. The van der Waals surface area contributed by atoms with E-state index in [9.17, 15) is 18.3 Å². The number of hydrogen-bond acceptors (Lipinski definition) is 5. The molecule has 1 amide bonds. The number of benzene rings is 2. The first-order chi connectivity index (χ1) is 12.7. The zero-order valence-corrected chi connectivity index (χ0v) is 15.8. The van der Waals surface area contributed by atoms with Crippen molar-refractivity contribution < 1.29 is 18.3 Å². The van der Waals surface area contributed by atoms with Crippen LogP contribution in [0.15, 0.2) is 58.8 Å². The molecule has 9 heteroatoms. The lowest BCUT2D eigenvalue weighted by Gasteiger charge is -2.18. The highest BCUT2D eigenvalue weighted by Gasteiger charge is 2.20. The summed E-state index contributed by atoms with van der Waals surface area (Å²) in [6, 6.07) is 13.4. The van der Waals surface area contributed by atoms with Gasteiger partial charge in [0, 0.05) is 19.5 Å². The van der Waals surface area contributed by atoms with E-state index >= 15 is 0 Å². The van der Waals surface area contributed by atoms with Gasteiger partial charge in [0.05, 0.1) is 23.0 Å². The Bertz CT molecular complexity index is 1170. The number of fused-ring (bicyclic) bond motifs is 1. The summed E-state index contributed by atoms with van der Waals surface area (Å²) in [4.78, 5) is 12.6. The average molecular weight is 386 g/mol. The van der Waals surface area contributed by atoms with Crippen LogP contribution in [0.1, 0.15) is 10.4 Å². The SMILES string of the molecule is CN(c1ccccc1C(=O)N=Nc1c(O)n(C)c2ccccc12)S(C)(=O)=O. The highest BCUT2D eigenvalue weighted by Crippen LogP contribution is 2.38. The van der Waals surface area contributed by atoms with Gasteiger partial charge in [0.1, 0.15) is 0 Å². The third kappa shape index (κ3) is 3.41. The van der Waals surface area contributed by atoms with Gasteiger partial charge in [-0.05, 0) is 18.2 Å². The highest BCUT2D eigenvalue weighted by atomic mass is 32.2. The molecule has 1 aromatic heterocycles. The Hall–Kier alpha value is -3.20. The van der Waals surface area contributed by atoms with Gasteiger partial charge in [-0.1, -0.05) is 30.3 Å². The Labute approximate surface area is 156 Å². The lowest BCUT2D eigenvalue weighted by atomic mass is 10.1. The predicted molar refractivity (Wildman–Crippen MR) is 103 cm³/mol. The van der Waals surface area contributed by atoms with Crippen molar-refractivity contribution in [3.05, 3.63) is 54.1 Å². The molecule has 0 spiro atoms. The Morgan fingerprint density at radius 1 is 1.11 bits per heavy atom. The van der Waals surface area contributed by atoms with Crippen LogP contribution in [-0.4, -0.2) is 37.3 Å². The topological polar surface area (TPSA) is 104 Å². The van der Waals surface area contributed by atoms with E-state index in [0.717, 1.165) is 16.1 Å². The molecule has 0 aliphatic heterocycles. The van der Waals surface area contributed by atoms with Gasteiger partial charge in [0.25, 0.3) is 5.91 Å². The second-order valence-corrected chi connectivity index (χ2v) is 8.01. The molecule has 0 atom stereocenters. The van der Waals surface area contributed by atoms with Crippen molar-refractivity contribution in [2.45, 2.75) is 0 Å². The number of aromatic hydroxyl groups is 1. The fourth-order valence-corrected chi connectivity index (χ4v) is 3.23. The van der Waals surface area contributed by atoms with Crippen LogP contribution in [0.4, 0.5) is 11.4 Å². The lowest BCUT2D eigenvalue weighted by Crippen LogP contribution is -2.26. The molecular weight excluding hydrogens is 368 g/mol. The molecule has 1 heterocycles. The number of carbonyl (C=O) groups excluding carboxylic acids is 1. The molecule has 27 heavy (non-hydrogen) atoms.